The second-order valence-electron chi connectivity index (χ2n) is 18.8. The first kappa shape index (κ1) is 40.8. The van der Waals surface area contributed by atoms with Crippen molar-refractivity contribution >= 4 is 49.6 Å². The van der Waals surface area contributed by atoms with Crippen LogP contribution in [0.3, 0.4) is 0 Å². The number of nitrogens with zero attached hydrogens (tertiary/aromatic N) is 2. The van der Waals surface area contributed by atoms with Crippen LogP contribution in [0.2, 0.25) is 0 Å². The number of hydrogen-bond donors (Lipinski definition) is 0. The zero-order valence-corrected chi connectivity index (χ0v) is 39.0. The smallest absolute Gasteiger partial charge is 0.0714 e. The minimum absolute atomic E-state index is 0.515. The summed E-state index contributed by atoms with van der Waals surface area (Å²) in [5.41, 5.74) is 21.2. The quantitative estimate of drug-likeness (QED) is 0.131. The molecular weight excluding hydrogens is 857 g/mol. The Morgan fingerprint density at radius 2 is 0.789 bits per heavy atom. The standard InChI is InChI=1S/C69H46N2/c1-5-16-47(17-6-1)49-28-35-55(36-29-49)70(58-41-43-61-60-25-13-14-26-63(60)69(64(61)46-58,53-21-9-3-10-22-53)54-23-11-4-12-24-54)56-39-32-51(33-40-56)59-44-45-66-68-62(59)42-34-52-20-15-27-65(67(52)68)71(66)57-37-30-50(31-38-57)48-18-7-2-8-19-48/h1-46H. The molecule has 0 amide bonds. The van der Waals surface area contributed by atoms with Gasteiger partial charge in [-0.25, -0.2) is 0 Å². The Bertz CT molecular complexity index is 4010. The van der Waals surface area contributed by atoms with Crippen LogP contribution >= 0.6 is 0 Å². The van der Waals surface area contributed by atoms with Crippen molar-refractivity contribution in [1.29, 1.82) is 0 Å². The van der Waals surface area contributed by atoms with Crippen molar-refractivity contribution in [2.24, 2.45) is 0 Å². The fourth-order valence-corrected chi connectivity index (χ4v) is 11.9. The van der Waals surface area contributed by atoms with Gasteiger partial charge in [0.25, 0.3) is 0 Å². The molecule has 0 radical (unpaired) electrons. The van der Waals surface area contributed by atoms with Gasteiger partial charge in [-0.2, -0.15) is 0 Å². The van der Waals surface area contributed by atoms with Crippen LogP contribution in [0.1, 0.15) is 22.3 Å². The molecule has 12 aromatic carbocycles. The molecule has 1 heterocycles. The van der Waals surface area contributed by atoms with Gasteiger partial charge < -0.3 is 9.47 Å². The van der Waals surface area contributed by atoms with Crippen LogP contribution in [-0.2, 0) is 5.41 Å². The summed E-state index contributed by atoms with van der Waals surface area (Å²) in [6, 6.07) is 103. The Kier molecular flexibility index (Phi) is 9.47. The fourth-order valence-electron chi connectivity index (χ4n) is 11.9. The zero-order valence-electron chi connectivity index (χ0n) is 39.0. The molecule has 71 heavy (non-hydrogen) atoms. The van der Waals surface area contributed by atoms with Crippen molar-refractivity contribution in [3.05, 3.63) is 301 Å². The summed E-state index contributed by atoms with van der Waals surface area (Å²) >= 11 is 0. The molecule has 332 valence electrons. The third-order valence-electron chi connectivity index (χ3n) is 15.1. The van der Waals surface area contributed by atoms with Gasteiger partial charge in [-0.1, -0.05) is 218 Å². The van der Waals surface area contributed by atoms with Gasteiger partial charge in [0, 0.05) is 33.5 Å². The van der Waals surface area contributed by atoms with Crippen LogP contribution in [0.15, 0.2) is 279 Å². The molecule has 0 aliphatic heterocycles. The number of hydrogen-bond acceptors (Lipinski definition) is 1. The minimum atomic E-state index is -0.515. The van der Waals surface area contributed by atoms with Crippen LogP contribution in [0.5, 0.6) is 0 Å². The van der Waals surface area contributed by atoms with E-state index in [4.69, 9.17) is 0 Å². The summed E-state index contributed by atoms with van der Waals surface area (Å²) in [7, 11) is 0. The van der Waals surface area contributed by atoms with Crippen molar-refractivity contribution in [3.8, 4) is 50.2 Å². The SMILES string of the molecule is c1ccc(-c2ccc(N(c3ccc(-c4ccc5c6c4ccc4cccc(c46)n5-c4ccc(-c5ccccc5)cc4)cc3)c3ccc4c(c3)C(c3ccccc3)(c3ccccc3)c3ccccc3-4)cc2)cc1. The highest BCUT2D eigenvalue weighted by atomic mass is 15.1. The number of fused-ring (bicyclic) bond motifs is 3. The van der Waals surface area contributed by atoms with E-state index < -0.39 is 5.41 Å². The van der Waals surface area contributed by atoms with E-state index in [9.17, 15) is 0 Å². The Morgan fingerprint density at radius 1 is 0.296 bits per heavy atom. The first-order chi connectivity index (χ1) is 35.2. The molecule has 0 saturated carbocycles. The highest BCUT2D eigenvalue weighted by Gasteiger charge is 2.46. The molecule has 2 heteroatoms. The van der Waals surface area contributed by atoms with Crippen LogP contribution in [0.4, 0.5) is 17.1 Å². The second kappa shape index (κ2) is 16.5. The summed E-state index contributed by atoms with van der Waals surface area (Å²) in [5, 5.41) is 5.10. The number of aromatic nitrogens is 1. The molecular formula is C69H46N2. The zero-order chi connectivity index (χ0) is 46.9. The summed E-state index contributed by atoms with van der Waals surface area (Å²) in [5.74, 6) is 0. The summed E-state index contributed by atoms with van der Waals surface area (Å²) in [6.45, 7) is 0. The Labute approximate surface area is 414 Å². The predicted octanol–water partition coefficient (Wildman–Crippen LogP) is 18.2. The maximum Gasteiger partial charge on any atom is 0.0714 e. The average Bonchev–Trinajstić information content (AvgIpc) is 3.95. The lowest BCUT2D eigenvalue weighted by atomic mass is 9.67. The first-order valence-electron chi connectivity index (χ1n) is 24.6. The van der Waals surface area contributed by atoms with E-state index in [0.29, 0.717) is 0 Å². The maximum atomic E-state index is 2.46. The third-order valence-corrected chi connectivity index (χ3v) is 15.1. The molecule has 1 aliphatic rings. The van der Waals surface area contributed by atoms with Gasteiger partial charge in [0.2, 0.25) is 0 Å². The van der Waals surface area contributed by atoms with Crippen LogP contribution in [-0.4, -0.2) is 4.57 Å². The monoisotopic (exact) mass is 902 g/mol. The van der Waals surface area contributed by atoms with Crippen LogP contribution < -0.4 is 4.90 Å². The molecule has 13 aromatic rings. The van der Waals surface area contributed by atoms with Crippen molar-refractivity contribution < 1.29 is 0 Å². The molecule has 0 spiro atoms. The molecule has 0 atom stereocenters. The molecule has 0 unspecified atom stereocenters. The van der Waals surface area contributed by atoms with E-state index in [-0.39, 0.29) is 0 Å². The van der Waals surface area contributed by atoms with Crippen molar-refractivity contribution in [2.45, 2.75) is 5.41 Å². The summed E-state index contributed by atoms with van der Waals surface area (Å²) < 4.78 is 2.44. The van der Waals surface area contributed by atoms with Gasteiger partial charge in [0.1, 0.15) is 0 Å². The number of benzene rings is 12. The number of rotatable bonds is 9. The lowest BCUT2D eigenvalue weighted by molar-refractivity contribution is 0.768. The van der Waals surface area contributed by atoms with Crippen molar-refractivity contribution in [1.82, 2.24) is 4.57 Å². The molecule has 0 N–H and O–H groups in total. The van der Waals surface area contributed by atoms with E-state index in [0.717, 1.165) is 22.7 Å². The Morgan fingerprint density at radius 3 is 1.42 bits per heavy atom. The van der Waals surface area contributed by atoms with Gasteiger partial charge in [0.05, 0.1) is 16.4 Å². The van der Waals surface area contributed by atoms with E-state index in [1.54, 1.807) is 0 Å². The summed E-state index contributed by atoms with van der Waals surface area (Å²) in [6.07, 6.45) is 0. The minimum Gasteiger partial charge on any atom is -0.310 e. The highest BCUT2D eigenvalue weighted by molar-refractivity contribution is 6.26. The van der Waals surface area contributed by atoms with E-state index >= 15 is 0 Å². The van der Waals surface area contributed by atoms with Gasteiger partial charge >= 0.3 is 0 Å². The molecule has 0 saturated heterocycles. The molecule has 14 rings (SSSR count). The molecule has 0 fully saturated rings. The lowest BCUT2D eigenvalue weighted by Crippen LogP contribution is -2.28. The maximum absolute atomic E-state index is 2.46. The number of anilines is 3. The van der Waals surface area contributed by atoms with Gasteiger partial charge in [-0.3, -0.25) is 0 Å². The average molecular weight is 903 g/mol. The van der Waals surface area contributed by atoms with Crippen molar-refractivity contribution in [2.75, 3.05) is 4.90 Å². The van der Waals surface area contributed by atoms with Gasteiger partial charge in [-0.05, 0) is 138 Å². The fraction of sp³-hybridized carbons (Fsp3) is 0.0145. The lowest BCUT2D eigenvalue weighted by Gasteiger charge is -2.35. The normalized spacial score (nSPS) is 12.6. The first-order valence-corrected chi connectivity index (χ1v) is 24.6. The molecule has 1 aromatic heterocycles. The topological polar surface area (TPSA) is 8.17 Å². The van der Waals surface area contributed by atoms with Gasteiger partial charge in [0.15, 0.2) is 0 Å². The molecule has 1 aliphatic carbocycles. The Balaban J connectivity index is 0.913. The highest BCUT2D eigenvalue weighted by Crippen LogP contribution is 2.57. The van der Waals surface area contributed by atoms with Crippen molar-refractivity contribution in [3.63, 3.8) is 0 Å². The molecule has 0 bridgehead atoms. The van der Waals surface area contributed by atoms with Crippen LogP contribution in [0, 0.1) is 0 Å². The third kappa shape index (κ3) is 6.42. The summed E-state index contributed by atoms with van der Waals surface area (Å²) in [4.78, 5) is 2.43. The van der Waals surface area contributed by atoms with E-state index in [1.807, 2.05) is 0 Å². The van der Waals surface area contributed by atoms with Crippen LogP contribution in [0.25, 0.3) is 82.8 Å². The van der Waals surface area contributed by atoms with E-state index in [2.05, 4.69) is 289 Å². The molecule has 2 nitrogen and oxygen atoms in total. The largest absolute Gasteiger partial charge is 0.310 e. The van der Waals surface area contributed by atoms with E-state index in [1.165, 1.54) is 99.3 Å². The predicted molar refractivity (Wildman–Crippen MR) is 298 cm³/mol. The van der Waals surface area contributed by atoms with Gasteiger partial charge in [-0.15, -0.1) is 0 Å². The Hall–Kier alpha value is -9.24. The second-order valence-corrected chi connectivity index (χ2v) is 18.8.